The number of benzene rings is 2. The van der Waals surface area contributed by atoms with Gasteiger partial charge in [-0.05, 0) is 79.5 Å². The summed E-state index contributed by atoms with van der Waals surface area (Å²) in [7, 11) is 3.93. The Morgan fingerprint density at radius 3 is 2.54 bits per heavy atom. The van der Waals surface area contributed by atoms with E-state index >= 15 is 0 Å². The molecule has 2 aliphatic carbocycles. The highest BCUT2D eigenvalue weighted by Gasteiger charge is 2.61. The van der Waals surface area contributed by atoms with Crippen molar-refractivity contribution in [1.29, 1.82) is 0 Å². The Labute approximate surface area is 229 Å². The number of aromatic nitrogens is 1. The minimum absolute atomic E-state index is 0.00202. The number of Topliss-reactive ketones (excluding diaryl/α,β-unsaturated/α-hetero) is 1. The summed E-state index contributed by atoms with van der Waals surface area (Å²) < 4.78 is 18.1. The van der Waals surface area contributed by atoms with Crippen LogP contribution < -0.4 is 4.74 Å². The summed E-state index contributed by atoms with van der Waals surface area (Å²) in [6.07, 6.45) is -0.275. The van der Waals surface area contributed by atoms with Crippen LogP contribution in [0, 0.1) is 24.2 Å². The molecule has 3 aromatic rings. The molecule has 6 rings (SSSR count). The molecule has 7 nitrogen and oxygen atoms in total. The number of ketones is 1. The molecule has 0 bridgehead atoms. The van der Waals surface area contributed by atoms with Crippen molar-refractivity contribution >= 4 is 11.8 Å². The quantitative estimate of drug-likeness (QED) is 0.394. The van der Waals surface area contributed by atoms with E-state index < -0.39 is 11.5 Å². The van der Waals surface area contributed by atoms with Gasteiger partial charge in [0, 0.05) is 5.92 Å². The molecule has 0 saturated carbocycles. The Kier molecular flexibility index (Phi) is 6.18. The van der Waals surface area contributed by atoms with E-state index in [0.717, 1.165) is 5.56 Å². The fourth-order valence-corrected chi connectivity index (χ4v) is 7.61. The first-order chi connectivity index (χ1) is 18.6. The van der Waals surface area contributed by atoms with E-state index in [1.165, 1.54) is 16.7 Å². The molecule has 0 N–H and O–H groups in total. The number of esters is 1. The van der Waals surface area contributed by atoms with Crippen molar-refractivity contribution in [3.05, 3.63) is 82.1 Å². The van der Waals surface area contributed by atoms with Gasteiger partial charge in [-0.2, -0.15) is 0 Å². The van der Waals surface area contributed by atoms with E-state index in [1.54, 1.807) is 0 Å². The average molecular weight is 529 g/mol. The molecule has 1 fully saturated rings. The van der Waals surface area contributed by atoms with Crippen molar-refractivity contribution in [2.75, 3.05) is 14.1 Å². The van der Waals surface area contributed by atoms with Crippen molar-refractivity contribution in [2.24, 2.45) is 17.3 Å². The van der Waals surface area contributed by atoms with Gasteiger partial charge in [0.25, 0.3) is 5.88 Å². The number of rotatable bonds is 4. The second kappa shape index (κ2) is 9.33. The third kappa shape index (κ3) is 3.77. The summed E-state index contributed by atoms with van der Waals surface area (Å²) in [4.78, 5) is 30.2. The van der Waals surface area contributed by atoms with Crippen LogP contribution in [0.15, 0.2) is 53.1 Å². The largest absolute Gasteiger partial charge is 0.470 e. The van der Waals surface area contributed by atoms with Crippen LogP contribution in [0.2, 0.25) is 0 Å². The Morgan fingerprint density at radius 2 is 1.82 bits per heavy atom. The van der Waals surface area contributed by atoms with E-state index in [4.69, 9.17) is 14.0 Å². The first kappa shape index (κ1) is 25.8. The molecule has 0 spiro atoms. The number of carbonyl (C=O) groups excluding carboxylic acids is 2. The first-order valence-corrected chi connectivity index (χ1v) is 13.8. The van der Waals surface area contributed by atoms with Gasteiger partial charge in [0.05, 0.1) is 11.5 Å². The predicted octanol–water partition coefficient (Wildman–Crippen LogP) is 5.84. The Bertz CT molecular complexity index is 1430. The fourth-order valence-electron chi connectivity index (χ4n) is 7.61. The average Bonchev–Trinajstić information content (AvgIpc) is 3.29. The Hall–Kier alpha value is -3.45. The lowest BCUT2D eigenvalue weighted by molar-refractivity contribution is -0.163. The highest BCUT2D eigenvalue weighted by molar-refractivity contribution is 6.05. The monoisotopic (exact) mass is 528 g/mol. The van der Waals surface area contributed by atoms with Gasteiger partial charge in [0.2, 0.25) is 5.78 Å². The maximum Gasteiger partial charge on any atom is 0.313 e. The van der Waals surface area contributed by atoms with Gasteiger partial charge in [0.1, 0.15) is 12.2 Å². The second-order valence-electron chi connectivity index (χ2n) is 12.0. The van der Waals surface area contributed by atoms with Crippen LogP contribution in [-0.2, 0) is 16.1 Å². The molecule has 7 atom stereocenters. The Morgan fingerprint density at radius 1 is 1.08 bits per heavy atom. The van der Waals surface area contributed by atoms with Crippen LogP contribution in [0.4, 0.5) is 0 Å². The minimum atomic E-state index is -0.929. The van der Waals surface area contributed by atoms with E-state index in [-0.39, 0.29) is 59.5 Å². The normalized spacial score (nSPS) is 31.5. The van der Waals surface area contributed by atoms with Crippen LogP contribution in [0.1, 0.15) is 83.4 Å². The molecule has 0 unspecified atom stereocenters. The summed E-state index contributed by atoms with van der Waals surface area (Å²) in [6, 6.07) is 15.8. The molecule has 7 heteroatoms. The van der Waals surface area contributed by atoms with Gasteiger partial charge >= 0.3 is 5.97 Å². The number of ether oxygens (including phenoxy) is 2. The third-order valence-corrected chi connectivity index (χ3v) is 9.78. The Balaban J connectivity index is 1.41. The van der Waals surface area contributed by atoms with Crippen molar-refractivity contribution in [1.82, 2.24) is 10.1 Å². The lowest BCUT2D eigenvalue weighted by atomic mass is 9.53. The number of hydrogen-bond donors (Lipinski definition) is 0. The van der Waals surface area contributed by atoms with Crippen molar-refractivity contribution in [3.8, 4) is 5.88 Å². The highest BCUT2D eigenvalue weighted by atomic mass is 16.6. The molecule has 0 amide bonds. The molecule has 1 aromatic heterocycles. The van der Waals surface area contributed by atoms with E-state index in [9.17, 15) is 9.59 Å². The SMILES string of the molecule is Cc1cccc2c1[C@@H](C)[C@@]1(C)C(=O)O[C@H]3C(=O)c4c(OCc5ccccc5)noc4[C@@H](N(C)C)[C@@H]3C[C@H]1[C@H]2C. The minimum Gasteiger partial charge on any atom is -0.470 e. The van der Waals surface area contributed by atoms with E-state index in [2.05, 4.69) is 44.1 Å². The van der Waals surface area contributed by atoms with Crippen LogP contribution in [0.25, 0.3) is 0 Å². The molecule has 2 aromatic carbocycles. The highest BCUT2D eigenvalue weighted by Crippen LogP contribution is 2.60. The van der Waals surface area contributed by atoms with Gasteiger partial charge in [-0.15, -0.1) is 0 Å². The first-order valence-electron chi connectivity index (χ1n) is 13.8. The van der Waals surface area contributed by atoms with Crippen molar-refractivity contribution < 1.29 is 23.6 Å². The van der Waals surface area contributed by atoms with Crippen molar-refractivity contribution in [2.45, 2.75) is 64.7 Å². The van der Waals surface area contributed by atoms with Crippen LogP contribution in [0.3, 0.4) is 0 Å². The number of carbonyl (C=O) groups is 2. The summed E-state index contributed by atoms with van der Waals surface area (Å²) in [5.74, 6) is -0.138. The molecule has 0 radical (unpaired) electrons. The molecule has 204 valence electrons. The zero-order valence-electron chi connectivity index (χ0n) is 23.4. The topological polar surface area (TPSA) is 81.9 Å². The maximum absolute atomic E-state index is 14.1. The van der Waals surface area contributed by atoms with E-state index in [1.807, 2.05) is 56.3 Å². The van der Waals surface area contributed by atoms with Crippen molar-refractivity contribution in [3.63, 3.8) is 0 Å². The molecule has 39 heavy (non-hydrogen) atoms. The molecule has 3 aliphatic rings. The van der Waals surface area contributed by atoms with Gasteiger partial charge in [-0.1, -0.05) is 62.4 Å². The molecule has 2 heterocycles. The number of aryl methyl sites for hydroxylation is 1. The van der Waals surface area contributed by atoms with Crippen LogP contribution >= 0.6 is 0 Å². The summed E-state index contributed by atoms with van der Waals surface area (Å²) in [5, 5.41) is 4.17. The maximum atomic E-state index is 14.1. The molecular formula is C32H36N2O5. The summed E-state index contributed by atoms with van der Waals surface area (Å²) in [5.41, 5.74) is 4.18. The van der Waals surface area contributed by atoms with Gasteiger partial charge in [-0.3, -0.25) is 14.5 Å². The van der Waals surface area contributed by atoms with E-state index in [0.29, 0.717) is 12.2 Å². The van der Waals surface area contributed by atoms with Crippen LogP contribution in [-0.4, -0.2) is 42.0 Å². The number of fused-ring (bicyclic) bond motifs is 4. The summed E-state index contributed by atoms with van der Waals surface area (Å²) >= 11 is 0. The third-order valence-electron chi connectivity index (χ3n) is 9.78. The van der Waals surface area contributed by atoms with Gasteiger partial charge in [-0.25, -0.2) is 0 Å². The molecule has 1 aliphatic heterocycles. The molecular weight excluding hydrogens is 492 g/mol. The number of hydrogen-bond acceptors (Lipinski definition) is 7. The molecule has 1 saturated heterocycles. The van der Waals surface area contributed by atoms with Crippen LogP contribution in [0.5, 0.6) is 5.88 Å². The number of nitrogens with zero attached hydrogens (tertiary/aromatic N) is 2. The zero-order chi connectivity index (χ0) is 27.6. The lowest BCUT2D eigenvalue weighted by Crippen LogP contribution is -2.46. The summed E-state index contributed by atoms with van der Waals surface area (Å²) in [6.45, 7) is 8.75. The second-order valence-corrected chi connectivity index (χ2v) is 12.0. The zero-order valence-corrected chi connectivity index (χ0v) is 23.4. The fraction of sp³-hybridized carbons (Fsp3) is 0.469. The predicted molar refractivity (Wildman–Crippen MR) is 146 cm³/mol. The lowest BCUT2D eigenvalue weighted by Gasteiger charge is -2.48. The van der Waals surface area contributed by atoms with Gasteiger partial charge in [0.15, 0.2) is 11.9 Å². The standard InChI is InChI=1S/C32H36N2O5/c1-17-11-10-14-21-18(2)23-15-22-26(34(5)6)29-25(30(33-39-29)37-16-20-12-8-7-9-13-20)27(35)28(22)38-31(36)32(23,4)19(3)24(17)21/h7-14,18-19,22-23,26,28H,15-16H2,1-6H3/t18-,19+,22-,23-,26-,28+,32+/m0/s1. The smallest absolute Gasteiger partial charge is 0.313 e. The van der Waals surface area contributed by atoms with Gasteiger partial charge < -0.3 is 14.0 Å².